The van der Waals surface area contributed by atoms with Crippen LogP contribution < -0.4 is 0 Å². The Morgan fingerprint density at radius 1 is 0.636 bits per heavy atom. The highest BCUT2D eigenvalue weighted by Gasteiger charge is 2.22. The Balaban J connectivity index is 2.67. The van der Waals surface area contributed by atoms with Crippen molar-refractivity contribution in [3.05, 3.63) is 39.5 Å². The van der Waals surface area contributed by atoms with E-state index in [1.165, 1.54) is 0 Å². The summed E-state index contributed by atoms with van der Waals surface area (Å²) < 4.78 is 0. The predicted molar refractivity (Wildman–Crippen MR) is 113 cm³/mol. The Morgan fingerprint density at radius 2 is 1.06 bits per heavy atom. The number of aromatic nitrogens is 4. The molecule has 0 aliphatic rings. The lowest BCUT2D eigenvalue weighted by Crippen LogP contribution is -2.04. The molecule has 0 bridgehead atoms. The summed E-state index contributed by atoms with van der Waals surface area (Å²) in [5.74, 6) is 0. The van der Waals surface area contributed by atoms with E-state index >= 15 is 0 Å². The van der Waals surface area contributed by atoms with Gasteiger partial charge in [-0.1, -0.05) is 5.57 Å². The molecule has 0 atom stereocenters. The first-order valence-corrected chi connectivity index (χ1v) is 9.08. The summed E-state index contributed by atoms with van der Waals surface area (Å²) in [7, 11) is 0. The molecule has 0 spiro atoms. The van der Waals surface area contributed by atoms with Crippen molar-refractivity contribution in [1.82, 2.24) is 19.9 Å². The summed E-state index contributed by atoms with van der Waals surface area (Å²) in [5, 5.41) is 56.6. The Hall–Kier alpha value is -5.75. The van der Waals surface area contributed by atoms with Crippen LogP contribution in [0.15, 0.2) is 16.1 Å². The minimum atomic E-state index is -0.280. The molecular formula is C22H9N11. The molecule has 0 aliphatic heterocycles. The second kappa shape index (κ2) is 8.55. The van der Waals surface area contributed by atoms with Crippen LogP contribution in [-0.2, 0) is 0 Å². The van der Waals surface area contributed by atoms with Gasteiger partial charge in [-0.3, -0.25) is 0 Å². The molecule has 3 rings (SSSR count). The number of nitrogens with zero attached hydrogens (tertiary/aromatic N) is 11. The number of aliphatic imine (C=N–C) groups is 1. The molecule has 0 fully saturated rings. The first-order chi connectivity index (χ1) is 15.8. The van der Waals surface area contributed by atoms with Gasteiger partial charge in [0, 0.05) is 5.56 Å². The third kappa shape index (κ3) is 3.52. The van der Waals surface area contributed by atoms with Gasteiger partial charge in [-0.05, 0) is 20.8 Å². The van der Waals surface area contributed by atoms with Crippen LogP contribution in [0.4, 0.5) is 5.69 Å². The number of benzene rings is 1. The average molecular weight is 427 g/mol. The SMILES string of the molecule is CC(C)=C(C#N)C(C#N)=Nc1c(C)c2nc(C#N)c(C#N)nc2c2nc(C#N)c(C#N)nc12. The fourth-order valence-electron chi connectivity index (χ4n) is 3.02. The zero-order valence-electron chi connectivity index (χ0n) is 17.4. The minimum Gasteiger partial charge on any atom is -0.234 e. The lowest BCUT2D eigenvalue weighted by atomic mass is 10.1. The van der Waals surface area contributed by atoms with Crippen molar-refractivity contribution in [2.45, 2.75) is 20.8 Å². The number of aryl methyl sites for hydroxylation is 1. The quantitative estimate of drug-likeness (QED) is 0.331. The van der Waals surface area contributed by atoms with Crippen LogP contribution in [0.3, 0.4) is 0 Å². The van der Waals surface area contributed by atoms with E-state index in [0.717, 1.165) is 0 Å². The van der Waals surface area contributed by atoms with Crippen LogP contribution in [0.1, 0.15) is 42.2 Å². The maximum atomic E-state index is 9.64. The standard InChI is InChI=1S/C22H9N11/c1-10(2)12(4-23)13(5-24)29-18-11(3)19-21(31-15(7-26)14(6-25)30-19)22-20(18)32-16(8-27)17(9-28)33-22/h1-3H3. The largest absolute Gasteiger partial charge is 0.234 e. The summed E-state index contributed by atoms with van der Waals surface area (Å²) >= 11 is 0. The Labute approximate surface area is 187 Å². The molecular weight excluding hydrogens is 418 g/mol. The van der Waals surface area contributed by atoms with Crippen molar-refractivity contribution in [2.75, 3.05) is 0 Å². The highest BCUT2D eigenvalue weighted by atomic mass is 14.9. The lowest BCUT2D eigenvalue weighted by molar-refractivity contribution is 1.16. The Morgan fingerprint density at radius 3 is 1.45 bits per heavy atom. The van der Waals surface area contributed by atoms with Crippen LogP contribution in [0.2, 0.25) is 0 Å². The van der Waals surface area contributed by atoms with Gasteiger partial charge >= 0.3 is 0 Å². The van der Waals surface area contributed by atoms with E-state index in [0.29, 0.717) is 11.1 Å². The molecule has 0 N–H and O–H groups in total. The maximum absolute atomic E-state index is 9.64. The summed E-state index contributed by atoms with van der Waals surface area (Å²) in [5.41, 5.74) is 0.0221. The van der Waals surface area contributed by atoms with E-state index in [1.807, 2.05) is 12.1 Å². The number of rotatable bonds is 2. The third-order valence-corrected chi connectivity index (χ3v) is 4.55. The van der Waals surface area contributed by atoms with Gasteiger partial charge in [-0.15, -0.1) is 0 Å². The Kier molecular flexibility index (Phi) is 5.68. The van der Waals surface area contributed by atoms with Crippen LogP contribution in [0, 0.1) is 74.9 Å². The number of fused-ring (bicyclic) bond motifs is 3. The van der Waals surface area contributed by atoms with Crippen LogP contribution in [0.5, 0.6) is 0 Å². The van der Waals surface area contributed by atoms with Crippen molar-refractivity contribution in [3.8, 4) is 36.4 Å². The molecule has 0 aliphatic carbocycles. The van der Waals surface area contributed by atoms with E-state index in [2.05, 4.69) is 24.9 Å². The van der Waals surface area contributed by atoms with Crippen molar-refractivity contribution in [3.63, 3.8) is 0 Å². The molecule has 3 aromatic rings. The second-order valence-corrected chi connectivity index (χ2v) is 6.72. The smallest absolute Gasteiger partial charge is 0.177 e. The lowest BCUT2D eigenvalue weighted by Gasteiger charge is -2.11. The molecule has 11 nitrogen and oxygen atoms in total. The van der Waals surface area contributed by atoms with Gasteiger partial charge in [0.15, 0.2) is 28.5 Å². The molecule has 0 amide bonds. The summed E-state index contributed by atoms with van der Waals surface area (Å²) in [6.45, 7) is 4.88. The maximum Gasteiger partial charge on any atom is 0.177 e. The highest BCUT2D eigenvalue weighted by molar-refractivity contribution is 6.17. The zero-order valence-corrected chi connectivity index (χ0v) is 17.4. The van der Waals surface area contributed by atoms with Crippen LogP contribution in [0.25, 0.3) is 22.1 Å². The van der Waals surface area contributed by atoms with Crippen LogP contribution in [-0.4, -0.2) is 25.6 Å². The average Bonchev–Trinajstić information content (AvgIpc) is 2.83. The molecule has 0 saturated carbocycles. The van der Waals surface area contributed by atoms with Gasteiger partial charge < -0.3 is 0 Å². The van der Waals surface area contributed by atoms with Gasteiger partial charge in [0.2, 0.25) is 0 Å². The summed E-state index contributed by atoms with van der Waals surface area (Å²) in [6, 6.07) is 11.0. The van der Waals surface area contributed by atoms with Gasteiger partial charge in [0.1, 0.15) is 53.0 Å². The fourth-order valence-corrected chi connectivity index (χ4v) is 3.02. The molecule has 152 valence electrons. The molecule has 2 heterocycles. The first kappa shape index (κ1) is 21.9. The molecule has 0 radical (unpaired) electrons. The second-order valence-electron chi connectivity index (χ2n) is 6.72. The molecule has 0 unspecified atom stereocenters. The molecule has 1 aromatic carbocycles. The van der Waals surface area contributed by atoms with E-state index in [-0.39, 0.29) is 61.8 Å². The highest BCUT2D eigenvalue weighted by Crippen LogP contribution is 2.36. The van der Waals surface area contributed by atoms with Crippen LogP contribution >= 0.6 is 0 Å². The number of allylic oxidation sites excluding steroid dienone is 2. The molecule has 33 heavy (non-hydrogen) atoms. The first-order valence-electron chi connectivity index (χ1n) is 9.08. The van der Waals surface area contributed by atoms with Crippen molar-refractivity contribution >= 4 is 33.5 Å². The van der Waals surface area contributed by atoms with Gasteiger partial charge in [-0.25, -0.2) is 24.9 Å². The van der Waals surface area contributed by atoms with Crippen molar-refractivity contribution in [1.29, 1.82) is 31.6 Å². The van der Waals surface area contributed by atoms with Crippen molar-refractivity contribution < 1.29 is 0 Å². The predicted octanol–water partition coefficient (Wildman–Crippen LogP) is 2.82. The Bertz CT molecular complexity index is 1700. The number of hydrogen-bond donors (Lipinski definition) is 0. The minimum absolute atomic E-state index is 0.00591. The molecule has 0 saturated heterocycles. The topological polar surface area (TPSA) is 207 Å². The normalized spacial score (nSPS) is 10.3. The summed E-state index contributed by atoms with van der Waals surface area (Å²) in [6.07, 6.45) is 0. The van der Waals surface area contributed by atoms with E-state index in [1.54, 1.807) is 45.0 Å². The number of nitriles is 6. The van der Waals surface area contributed by atoms with Gasteiger partial charge in [-0.2, -0.15) is 31.6 Å². The fraction of sp³-hybridized carbons (Fsp3) is 0.136. The molecule has 2 aromatic heterocycles. The van der Waals surface area contributed by atoms with E-state index in [4.69, 9.17) is 0 Å². The van der Waals surface area contributed by atoms with E-state index < -0.39 is 0 Å². The summed E-state index contributed by atoms with van der Waals surface area (Å²) in [4.78, 5) is 21.1. The van der Waals surface area contributed by atoms with Gasteiger partial charge in [0.25, 0.3) is 0 Å². The molecule has 11 heteroatoms. The third-order valence-electron chi connectivity index (χ3n) is 4.55. The van der Waals surface area contributed by atoms with E-state index in [9.17, 15) is 31.6 Å². The number of hydrogen-bond acceptors (Lipinski definition) is 11. The zero-order chi connectivity index (χ0) is 24.3. The van der Waals surface area contributed by atoms with Crippen molar-refractivity contribution in [2.24, 2.45) is 4.99 Å². The monoisotopic (exact) mass is 427 g/mol. The van der Waals surface area contributed by atoms with Gasteiger partial charge in [0.05, 0.1) is 16.8 Å².